The van der Waals surface area contributed by atoms with E-state index in [1.807, 2.05) is 19.9 Å². The lowest BCUT2D eigenvalue weighted by molar-refractivity contribution is 0.403. The Hall–Kier alpha value is -3.41. The van der Waals surface area contributed by atoms with Gasteiger partial charge in [-0.25, -0.2) is 0 Å². The minimum Gasteiger partial charge on any atom is -0.508 e. The van der Waals surface area contributed by atoms with Crippen LogP contribution in [0.3, 0.4) is 0 Å². The molecular formula is C28H36O6. The first-order valence-corrected chi connectivity index (χ1v) is 11.6. The van der Waals surface area contributed by atoms with Crippen molar-refractivity contribution in [3.63, 3.8) is 0 Å². The average molecular weight is 469 g/mol. The molecule has 0 radical (unpaired) electrons. The number of ether oxygens (including phenoxy) is 1. The Balaban J connectivity index is 0.000000257. The molecule has 6 nitrogen and oxygen atoms in total. The van der Waals surface area contributed by atoms with Crippen LogP contribution in [0, 0.1) is 6.92 Å². The molecule has 2 aromatic carbocycles. The number of phenolic OH excluding ortho intramolecular Hbond substituents is 3. The summed E-state index contributed by atoms with van der Waals surface area (Å²) in [4.78, 5) is 12.0. The van der Waals surface area contributed by atoms with E-state index >= 15 is 0 Å². The van der Waals surface area contributed by atoms with Crippen molar-refractivity contribution in [2.75, 3.05) is 7.11 Å². The van der Waals surface area contributed by atoms with Gasteiger partial charge in [0, 0.05) is 23.8 Å². The lowest BCUT2D eigenvalue weighted by Gasteiger charge is -2.11. The molecule has 34 heavy (non-hydrogen) atoms. The van der Waals surface area contributed by atoms with Crippen LogP contribution in [0.2, 0.25) is 0 Å². The Morgan fingerprint density at radius 1 is 1.03 bits per heavy atom. The highest BCUT2D eigenvalue weighted by molar-refractivity contribution is 5.88. The zero-order chi connectivity index (χ0) is 25.3. The quantitative estimate of drug-likeness (QED) is 0.256. The molecule has 0 fully saturated rings. The number of hydrogen-bond acceptors (Lipinski definition) is 6. The van der Waals surface area contributed by atoms with E-state index < -0.39 is 0 Å². The zero-order valence-corrected chi connectivity index (χ0v) is 20.8. The summed E-state index contributed by atoms with van der Waals surface area (Å²) in [5.41, 5.74) is 3.00. The minimum absolute atomic E-state index is 0.119. The van der Waals surface area contributed by atoms with Gasteiger partial charge in [-0.2, -0.15) is 0 Å². The maximum atomic E-state index is 12.0. The molecule has 1 aromatic heterocycles. The lowest BCUT2D eigenvalue weighted by Crippen LogP contribution is -2.04. The summed E-state index contributed by atoms with van der Waals surface area (Å²) < 4.78 is 11.0. The van der Waals surface area contributed by atoms with Gasteiger partial charge in [-0.1, -0.05) is 43.9 Å². The summed E-state index contributed by atoms with van der Waals surface area (Å²) in [6.07, 6.45) is 8.28. The second-order valence-electron chi connectivity index (χ2n) is 8.61. The molecule has 0 bridgehead atoms. The van der Waals surface area contributed by atoms with Gasteiger partial charge < -0.3 is 24.5 Å². The van der Waals surface area contributed by atoms with E-state index in [0.29, 0.717) is 23.5 Å². The smallest absolute Gasteiger partial charge is 0.196 e. The number of fused-ring (bicyclic) bond motifs is 1. The molecule has 0 saturated carbocycles. The van der Waals surface area contributed by atoms with Crippen LogP contribution in [0.1, 0.15) is 63.3 Å². The van der Waals surface area contributed by atoms with Gasteiger partial charge in [0.25, 0.3) is 0 Å². The Labute approximate surface area is 201 Å². The number of hydrogen-bond donors (Lipinski definition) is 3. The van der Waals surface area contributed by atoms with Crippen LogP contribution in [0.5, 0.6) is 23.0 Å². The molecular weight excluding hydrogens is 432 g/mol. The predicted octanol–water partition coefficient (Wildman–Crippen LogP) is 6.54. The normalized spacial score (nSPS) is 10.5. The van der Waals surface area contributed by atoms with Gasteiger partial charge in [0.15, 0.2) is 5.43 Å². The first-order chi connectivity index (χ1) is 16.2. The highest BCUT2D eigenvalue weighted by atomic mass is 16.5. The van der Waals surface area contributed by atoms with E-state index in [0.717, 1.165) is 29.5 Å². The van der Waals surface area contributed by atoms with Gasteiger partial charge in [0.05, 0.1) is 7.11 Å². The Kier molecular flexibility index (Phi) is 10.0. The average Bonchev–Trinajstić information content (AvgIpc) is 2.76. The van der Waals surface area contributed by atoms with Crippen molar-refractivity contribution < 1.29 is 24.5 Å². The molecule has 1 heterocycles. The molecule has 0 unspecified atom stereocenters. The second kappa shape index (κ2) is 12.7. The van der Waals surface area contributed by atoms with Crippen LogP contribution in [0.15, 0.2) is 51.2 Å². The van der Waals surface area contributed by atoms with Crippen molar-refractivity contribution in [3.05, 3.63) is 69.1 Å². The van der Waals surface area contributed by atoms with Crippen molar-refractivity contribution >= 4 is 11.0 Å². The number of unbranched alkanes of at least 4 members (excludes halogenated alkanes) is 3. The number of benzene rings is 2. The fourth-order valence-electron chi connectivity index (χ4n) is 3.65. The third-order valence-electron chi connectivity index (χ3n) is 5.47. The SMILES string of the molecule is CCCCCCc1ccc(O)cc1O.COc1cc(O)c2c(=O)cc(C)oc2c1CC=C(C)C. The third-order valence-corrected chi connectivity index (χ3v) is 5.47. The summed E-state index contributed by atoms with van der Waals surface area (Å²) in [6.45, 7) is 7.88. The Bertz CT molecular complexity index is 1190. The van der Waals surface area contributed by atoms with E-state index in [-0.39, 0.29) is 28.1 Å². The predicted molar refractivity (Wildman–Crippen MR) is 136 cm³/mol. The molecule has 3 rings (SSSR count). The van der Waals surface area contributed by atoms with Gasteiger partial charge in [-0.05, 0) is 51.7 Å². The molecule has 6 heteroatoms. The fraction of sp³-hybridized carbons (Fsp3) is 0.393. The lowest BCUT2D eigenvalue weighted by atomic mass is 10.0. The minimum atomic E-state index is -0.248. The standard InChI is InChI=1S/C16H18O4.C12H18O2/c1-9(2)5-6-11-14(19-4)8-13(18)15-12(17)7-10(3)20-16(11)15;1-2-3-4-5-6-10-7-8-11(13)9-12(10)14/h5,7-8,18H,6H2,1-4H3;7-9,13-14H,2-6H2,1H3. The van der Waals surface area contributed by atoms with E-state index in [4.69, 9.17) is 14.3 Å². The molecule has 0 atom stereocenters. The van der Waals surface area contributed by atoms with E-state index in [1.54, 1.807) is 19.1 Å². The molecule has 3 aromatic rings. The summed E-state index contributed by atoms with van der Waals surface area (Å²) in [5, 5.41) is 28.8. The highest BCUT2D eigenvalue weighted by Crippen LogP contribution is 2.34. The largest absolute Gasteiger partial charge is 0.508 e. The molecule has 0 saturated heterocycles. The van der Waals surface area contributed by atoms with Crippen molar-refractivity contribution in [2.45, 2.75) is 66.2 Å². The molecule has 0 aliphatic heterocycles. The van der Waals surface area contributed by atoms with E-state index in [2.05, 4.69) is 6.92 Å². The van der Waals surface area contributed by atoms with Gasteiger partial charge in [0.2, 0.25) is 0 Å². The number of rotatable bonds is 8. The molecule has 0 amide bonds. The number of methoxy groups -OCH3 is 1. The number of allylic oxidation sites excluding steroid dienone is 2. The summed E-state index contributed by atoms with van der Waals surface area (Å²) in [6, 6.07) is 7.64. The zero-order valence-electron chi connectivity index (χ0n) is 20.8. The van der Waals surface area contributed by atoms with Crippen LogP contribution in [-0.2, 0) is 12.8 Å². The number of aromatic hydroxyl groups is 3. The van der Waals surface area contributed by atoms with Gasteiger partial charge >= 0.3 is 0 Å². The fourth-order valence-corrected chi connectivity index (χ4v) is 3.65. The van der Waals surface area contributed by atoms with Crippen LogP contribution in [0.25, 0.3) is 11.0 Å². The van der Waals surface area contributed by atoms with Crippen LogP contribution >= 0.6 is 0 Å². The molecule has 0 spiro atoms. The van der Waals surface area contributed by atoms with E-state index in [9.17, 15) is 15.0 Å². The Morgan fingerprint density at radius 2 is 1.76 bits per heavy atom. The van der Waals surface area contributed by atoms with Gasteiger partial charge in [-0.3, -0.25) is 4.79 Å². The molecule has 0 aliphatic carbocycles. The van der Waals surface area contributed by atoms with Crippen molar-refractivity contribution in [1.29, 1.82) is 0 Å². The monoisotopic (exact) mass is 468 g/mol. The summed E-state index contributed by atoms with van der Waals surface area (Å²) in [7, 11) is 1.53. The highest BCUT2D eigenvalue weighted by Gasteiger charge is 2.17. The molecule has 184 valence electrons. The van der Waals surface area contributed by atoms with E-state index in [1.165, 1.54) is 44.6 Å². The summed E-state index contributed by atoms with van der Waals surface area (Å²) >= 11 is 0. The topological polar surface area (TPSA) is 100 Å². The van der Waals surface area contributed by atoms with Crippen molar-refractivity contribution in [3.8, 4) is 23.0 Å². The van der Waals surface area contributed by atoms with Crippen molar-refractivity contribution in [1.82, 2.24) is 0 Å². The van der Waals surface area contributed by atoms with Crippen LogP contribution < -0.4 is 10.2 Å². The first kappa shape index (κ1) is 26.8. The summed E-state index contributed by atoms with van der Waals surface area (Å²) in [5.74, 6) is 1.24. The number of phenols is 3. The first-order valence-electron chi connectivity index (χ1n) is 11.6. The van der Waals surface area contributed by atoms with Crippen LogP contribution in [0.4, 0.5) is 0 Å². The third kappa shape index (κ3) is 7.30. The molecule has 3 N–H and O–H groups in total. The van der Waals surface area contributed by atoms with Gasteiger partial charge in [-0.15, -0.1) is 0 Å². The Morgan fingerprint density at radius 3 is 2.38 bits per heavy atom. The second-order valence-corrected chi connectivity index (χ2v) is 8.61. The maximum Gasteiger partial charge on any atom is 0.196 e. The van der Waals surface area contributed by atoms with Gasteiger partial charge in [0.1, 0.15) is 39.7 Å². The maximum absolute atomic E-state index is 12.0. The number of aryl methyl sites for hydroxylation is 2. The van der Waals surface area contributed by atoms with Crippen molar-refractivity contribution in [2.24, 2.45) is 0 Å². The molecule has 0 aliphatic rings. The van der Waals surface area contributed by atoms with Crippen LogP contribution in [-0.4, -0.2) is 22.4 Å².